The Bertz CT molecular complexity index is 1220. The predicted molar refractivity (Wildman–Crippen MR) is 108 cm³/mol. The number of hydrogen-bond donors (Lipinski definition) is 0. The zero-order chi connectivity index (χ0) is 17.6. The molecule has 3 heteroatoms. The van der Waals surface area contributed by atoms with Gasteiger partial charge in [-0.15, -0.1) is 0 Å². The predicted octanol–water partition coefficient (Wildman–Crippen LogP) is 5.77. The van der Waals surface area contributed by atoms with Gasteiger partial charge in [0, 0.05) is 29.3 Å². The van der Waals surface area contributed by atoms with Crippen LogP contribution in [0.15, 0.2) is 59.0 Å². The van der Waals surface area contributed by atoms with Crippen LogP contribution in [-0.4, -0.2) is 13.7 Å². The summed E-state index contributed by atoms with van der Waals surface area (Å²) in [7, 11) is 2.17. The molecule has 0 atom stereocenters. The van der Waals surface area contributed by atoms with E-state index in [2.05, 4.69) is 79.2 Å². The Morgan fingerprint density at radius 1 is 0.846 bits per heavy atom. The molecule has 3 aromatic carbocycles. The lowest BCUT2D eigenvalue weighted by Gasteiger charge is -2.39. The first-order valence-corrected chi connectivity index (χ1v) is 9.13. The van der Waals surface area contributed by atoms with Crippen molar-refractivity contribution in [2.75, 3.05) is 23.5 Å². The Labute approximate surface area is 152 Å². The van der Waals surface area contributed by atoms with Crippen molar-refractivity contribution in [3.05, 3.63) is 65.7 Å². The summed E-state index contributed by atoms with van der Waals surface area (Å²) in [6.45, 7) is 5.55. The summed E-state index contributed by atoms with van der Waals surface area (Å²) >= 11 is 0. The summed E-state index contributed by atoms with van der Waals surface area (Å²) in [5.41, 5.74) is 8.58. The second-order valence-corrected chi connectivity index (χ2v) is 8.03. The van der Waals surface area contributed by atoms with E-state index in [9.17, 15) is 0 Å². The molecule has 2 aliphatic rings. The molecule has 128 valence electrons. The van der Waals surface area contributed by atoms with Gasteiger partial charge >= 0.3 is 0 Å². The van der Waals surface area contributed by atoms with E-state index in [1.54, 1.807) is 0 Å². The largest absolute Gasteiger partial charge is 0.456 e. The molecule has 1 aromatic heterocycles. The number of fused-ring (bicyclic) bond motifs is 5. The molecule has 0 radical (unpaired) electrons. The first-order chi connectivity index (χ1) is 12.6. The molecule has 0 aliphatic carbocycles. The number of anilines is 3. The van der Waals surface area contributed by atoms with E-state index in [0.29, 0.717) is 0 Å². The summed E-state index contributed by atoms with van der Waals surface area (Å²) < 4.78 is 6.17. The van der Waals surface area contributed by atoms with Gasteiger partial charge in [0.25, 0.3) is 0 Å². The van der Waals surface area contributed by atoms with E-state index in [1.807, 2.05) is 6.07 Å². The molecule has 26 heavy (non-hydrogen) atoms. The second-order valence-electron chi connectivity index (χ2n) is 8.03. The number of rotatable bonds is 0. The van der Waals surface area contributed by atoms with E-state index in [-0.39, 0.29) is 5.41 Å². The van der Waals surface area contributed by atoms with Crippen molar-refractivity contribution < 1.29 is 4.42 Å². The van der Waals surface area contributed by atoms with Crippen molar-refractivity contribution in [1.82, 2.24) is 0 Å². The standard InChI is InChI=1S/C23H20N2O/c1-23(2)16-8-6-9-18-22(16)25(13-24(18)3)19-12-21-15(11-17(19)23)14-7-4-5-10-20(14)26-21/h4-12H,13H2,1-3H3. The minimum atomic E-state index is -0.0467. The van der Waals surface area contributed by atoms with Crippen LogP contribution in [0.25, 0.3) is 21.9 Å². The molecule has 0 amide bonds. The Morgan fingerprint density at radius 2 is 1.69 bits per heavy atom. The molecule has 3 nitrogen and oxygen atoms in total. The second kappa shape index (κ2) is 4.42. The lowest BCUT2D eigenvalue weighted by atomic mass is 9.73. The van der Waals surface area contributed by atoms with E-state index in [0.717, 1.165) is 17.8 Å². The number of hydrogen-bond acceptors (Lipinski definition) is 3. The maximum atomic E-state index is 6.17. The maximum Gasteiger partial charge on any atom is 0.137 e. The average molecular weight is 340 g/mol. The number of nitrogens with zero attached hydrogens (tertiary/aromatic N) is 2. The fraction of sp³-hybridized carbons (Fsp3) is 0.217. The molecule has 2 aliphatic heterocycles. The van der Waals surface area contributed by atoms with Crippen molar-refractivity contribution in [2.24, 2.45) is 0 Å². The molecule has 3 heterocycles. The summed E-state index contributed by atoms with van der Waals surface area (Å²) in [5.74, 6) is 0. The van der Waals surface area contributed by atoms with Gasteiger partial charge in [-0.1, -0.05) is 44.2 Å². The normalized spacial score (nSPS) is 17.0. The highest BCUT2D eigenvalue weighted by Crippen LogP contribution is 2.55. The monoisotopic (exact) mass is 340 g/mol. The molecule has 0 saturated heterocycles. The molecule has 0 unspecified atom stereocenters. The fourth-order valence-corrected chi connectivity index (χ4v) is 4.81. The number of benzene rings is 3. The smallest absolute Gasteiger partial charge is 0.137 e. The Balaban J connectivity index is 1.74. The van der Waals surface area contributed by atoms with Crippen molar-refractivity contribution in [3.63, 3.8) is 0 Å². The maximum absolute atomic E-state index is 6.17. The topological polar surface area (TPSA) is 19.6 Å². The molecular weight excluding hydrogens is 320 g/mol. The van der Waals surface area contributed by atoms with Crippen LogP contribution < -0.4 is 9.80 Å². The lowest BCUT2D eigenvalue weighted by molar-refractivity contribution is 0.628. The molecular formula is C23H20N2O. The number of para-hydroxylation sites is 2. The summed E-state index contributed by atoms with van der Waals surface area (Å²) in [5, 5.41) is 2.40. The van der Waals surface area contributed by atoms with Gasteiger partial charge in [0.2, 0.25) is 0 Å². The summed E-state index contributed by atoms with van der Waals surface area (Å²) in [4.78, 5) is 4.77. The highest BCUT2D eigenvalue weighted by molar-refractivity contribution is 6.07. The summed E-state index contributed by atoms with van der Waals surface area (Å²) in [6, 6.07) is 19.6. The van der Waals surface area contributed by atoms with E-state index in [1.165, 1.54) is 39.0 Å². The number of furan rings is 1. The van der Waals surface area contributed by atoms with Gasteiger partial charge in [-0.25, -0.2) is 0 Å². The minimum Gasteiger partial charge on any atom is -0.456 e. The van der Waals surface area contributed by atoms with Crippen LogP contribution in [0.4, 0.5) is 17.1 Å². The van der Waals surface area contributed by atoms with Crippen LogP contribution in [0.5, 0.6) is 0 Å². The SMILES string of the molecule is CN1CN2c3cc4oc5ccccc5c4cc3C(C)(C)c3cccc1c32. The quantitative estimate of drug-likeness (QED) is 0.405. The molecule has 6 rings (SSSR count). The Hall–Kier alpha value is -2.94. The van der Waals surface area contributed by atoms with Crippen molar-refractivity contribution in [2.45, 2.75) is 19.3 Å². The van der Waals surface area contributed by atoms with E-state index in [4.69, 9.17) is 4.42 Å². The molecule has 0 spiro atoms. The zero-order valence-electron chi connectivity index (χ0n) is 15.2. The summed E-state index contributed by atoms with van der Waals surface area (Å²) in [6.07, 6.45) is 0. The third kappa shape index (κ3) is 1.55. The van der Waals surface area contributed by atoms with Gasteiger partial charge in [-0.3, -0.25) is 0 Å². The van der Waals surface area contributed by atoms with Gasteiger partial charge < -0.3 is 14.2 Å². The zero-order valence-corrected chi connectivity index (χ0v) is 15.2. The van der Waals surface area contributed by atoms with Crippen LogP contribution in [-0.2, 0) is 5.41 Å². The van der Waals surface area contributed by atoms with Gasteiger partial charge in [0.1, 0.15) is 11.2 Å². The first-order valence-electron chi connectivity index (χ1n) is 9.13. The minimum absolute atomic E-state index is 0.0467. The highest BCUT2D eigenvalue weighted by atomic mass is 16.3. The van der Waals surface area contributed by atoms with Gasteiger partial charge in [-0.05, 0) is 29.3 Å². The fourth-order valence-electron chi connectivity index (χ4n) is 4.81. The molecule has 4 aromatic rings. The average Bonchev–Trinajstić information content (AvgIpc) is 3.17. The van der Waals surface area contributed by atoms with Gasteiger partial charge in [0.15, 0.2) is 0 Å². The molecule has 0 saturated carbocycles. The Kier molecular flexibility index (Phi) is 2.42. The van der Waals surface area contributed by atoms with Crippen molar-refractivity contribution >= 4 is 39.0 Å². The van der Waals surface area contributed by atoms with E-state index < -0.39 is 0 Å². The molecule has 0 N–H and O–H groups in total. The van der Waals surface area contributed by atoms with Gasteiger partial charge in [0.05, 0.1) is 23.7 Å². The first kappa shape index (κ1) is 14.3. The highest BCUT2D eigenvalue weighted by Gasteiger charge is 2.41. The van der Waals surface area contributed by atoms with Crippen LogP contribution in [0, 0.1) is 0 Å². The van der Waals surface area contributed by atoms with Crippen LogP contribution in [0.2, 0.25) is 0 Å². The van der Waals surface area contributed by atoms with E-state index >= 15 is 0 Å². The van der Waals surface area contributed by atoms with Crippen LogP contribution in [0.1, 0.15) is 25.0 Å². The lowest BCUT2D eigenvalue weighted by Crippen LogP contribution is -2.32. The van der Waals surface area contributed by atoms with Crippen LogP contribution in [0.3, 0.4) is 0 Å². The third-order valence-corrected chi connectivity index (χ3v) is 6.18. The van der Waals surface area contributed by atoms with Gasteiger partial charge in [-0.2, -0.15) is 0 Å². The molecule has 0 fully saturated rings. The van der Waals surface area contributed by atoms with Crippen LogP contribution >= 0.6 is 0 Å². The third-order valence-electron chi connectivity index (χ3n) is 6.18. The van der Waals surface area contributed by atoms with Crippen molar-refractivity contribution in [3.8, 4) is 0 Å². The van der Waals surface area contributed by atoms with Crippen molar-refractivity contribution in [1.29, 1.82) is 0 Å². The Morgan fingerprint density at radius 3 is 2.58 bits per heavy atom. The molecule has 0 bridgehead atoms.